The van der Waals surface area contributed by atoms with Gasteiger partial charge in [0.2, 0.25) is 0 Å². The molecule has 0 saturated carbocycles. The van der Waals surface area contributed by atoms with Gasteiger partial charge in [-0.25, -0.2) is 9.78 Å². The number of aryl methyl sites for hydroxylation is 1. The van der Waals surface area contributed by atoms with Gasteiger partial charge in [-0.05, 0) is 19.1 Å². The van der Waals surface area contributed by atoms with Crippen LogP contribution >= 0.6 is 11.3 Å². The zero-order valence-corrected chi connectivity index (χ0v) is 11.9. The minimum Gasteiger partial charge on any atom is -0.354 e. The predicted molar refractivity (Wildman–Crippen MR) is 79.3 cm³/mol. The normalized spacial score (nSPS) is 9.90. The topological polar surface area (TPSA) is 83.1 Å². The molecule has 0 saturated heterocycles. The van der Waals surface area contributed by atoms with Gasteiger partial charge in [0, 0.05) is 12.7 Å². The van der Waals surface area contributed by atoms with Crippen molar-refractivity contribution >= 4 is 34.1 Å². The van der Waals surface area contributed by atoms with Gasteiger partial charge >= 0.3 is 6.03 Å². The standard InChI is InChI=1S/C13H14N4O2S/c1-8-10(11(18)14-2)20-13(15-8)17-12(19)16-9-6-4-3-5-7-9/h3-7H,1-2H3,(H,14,18)(H2,15,16,17,19). The monoisotopic (exact) mass is 290 g/mol. The summed E-state index contributed by atoms with van der Waals surface area (Å²) in [5.41, 5.74) is 1.27. The van der Waals surface area contributed by atoms with E-state index >= 15 is 0 Å². The molecule has 0 aliphatic heterocycles. The van der Waals surface area contributed by atoms with Crippen LogP contribution in [0.25, 0.3) is 0 Å². The van der Waals surface area contributed by atoms with E-state index in [-0.39, 0.29) is 5.91 Å². The number of rotatable bonds is 3. The van der Waals surface area contributed by atoms with Crippen molar-refractivity contribution in [3.8, 4) is 0 Å². The first-order valence-corrected chi connectivity index (χ1v) is 6.74. The van der Waals surface area contributed by atoms with Crippen LogP contribution in [0, 0.1) is 6.92 Å². The van der Waals surface area contributed by atoms with Crippen LogP contribution in [0.15, 0.2) is 30.3 Å². The largest absolute Gasteiger partial charge is 0.354 e. The maximum atomic E-state index is 11.8. The molecule has 0 unspecified atom stereocenters. The summed E-state index contributed by atoms with van der Waals surface area (Å²) < 4.78 is 0. The zero-order chi connectivity index (χ0) is 14.5. The Balaban J connectivity index is 2.03. The Kier molecular flexibility index (Phi) is 4.31. The van der Waals surface area contributed by atoms with E-state index in [1.165, 1.54) is 0 Å². The first kappa shape index (κ1) is 14.0. The second-order valence-corrected chi connectivity index (χ2v) is 4.96. The molecule has 6 nitrogen and oxygen atoms in total. The number of hydrogen-bond donors (Lipinski definition) is 3. The van der Waals surface area contributed by atoms with Crippen molar-refractivity contribution in [2.24, 2.45) is 0 Å². The molecule has 2 rings (SSSR count). The zero-order valence-electron chi connectivity index (χ0n) is 11.1. The number of benzene rings is 1. The van der Waals surface area contributed by atoms with E-state index < -0.39 is 6.03 Å². The number of amides is 3. The number of anilines is 2. The fourth-order valence-electron chi connectivity index (χ4n) is 1.56. The highest BCUT2D eigenvalue weighted by atomic mass is 32.1. The lowest BCUT2D eigenvalue weighted by Crippen LogP contribution is -2.19. The molecule has 1 aromatic heterocycles. The van der Waals surface area contributed by atoms with E-state index in [1.54, 1.807) is 26.1 Å². The van der Waals surface area contributed by atoms with Crippen LogP contribution in [0.3, 0.4) is 0 Å². The van der Waals surface area contributed by atoms with E-state index in [0.29, 0.717) is 21.4 Å². The van der Waals surface area contributed by atoms with Crippen molar-refractivity contribution in [3.63, 3.8) is 0 Å². The van der Waals surface area contributed by atoms with E-state index in [0.717, 1.165) is 11.3 Å². The molecule has 7 heteroatoms. The van der Waals surface area contributed by atoms with Crippen molar-refractivity contribution in [2.75, 3.05) is 17.7 Å². The van der Waals surface area contributed by atoms with Gasteiger partial charge in [-0.15, -0.1) is 0 Å². The minimum absolute atomic E-state index is 0.212. The van der Waals surface area contributed by atoms with Gasteiger partial charge in [-0.1, -0.05) is 29.5 Å². The SMILES string of the molecule is CNC(=O)c1sc(NC(=O)Nc2ccccc2)nc1C. The average molecular weight is 290 g/mol. The fourth-order valence-corrected chi connectivity index (χ4v) is 2.46. The van der Waals surface area contributed by atoms with Crippen molar-refractivity contribution in [1.82, 2.24) is 10.3 Å². The van der Waals surface area contributed by atoms with Gasteiger partial charge in [0.05, 0.1) is 5.69 Å². The van der Waals surface area contributed by atoms with Gasteiger partial charge in [0.15, 0.2) is 5.13 Å². The lowest BCUT2D eigenvalue weighted by atomic mass is 10.3. The van der Waals surface area contributed by atoms with Crippen LogP contribution in [0.5, 0.6) is 0 Å². The summed E-state index contributed by atoms with van der Waals surface area (Å²) in [7, 11) is 1.55. The molecule has 0 bridgehead atoms. The third kappa shape index (κ3) is 3.33. The first-order valence-electron chi connectivity index (χ1n) is 5.92. The Hall–Kier alpha value is -2.41. The summed E-state index contributed by atoms with van der Waals surface area (Å²) >= 11 is 1.14. The second-order valence-electron chi connectivity index (χ2n) is 3.96. The molecule has 0 aliphatic rings. The van der Waals surface area contributed by atoms with Crippen LogP contribution in [0.4, 0.5) is 15.6 Å². The Morgan fingerprint density at radius 3 is 2.50 bits per heavy atom. The quantitative estimate of drug-likeness (QED) is 0.812. The van der Waals surface area contributed by atoms with E-state index in [4.69, 9.17) is 0 Å². The van der Waals surface area contributed by atoms with Gasteiger partial charge < -0.3 is 10.6 Å². The van der Waals surface area contributed by atoms with Gasteiger partial charge in [0.25, 0.3) is 5.91 Å². The van der Waals surface area contributed by atoms with Crippen molar-refractivity contribution in [3.05, 3.63) is 40.9 Å². The van der Waals surface area contributed by atoms with Crippen LogP contribution in [-0.4, -0.2) is 24.0 Å². The number of nitrogens with one attached hydrogen (secondary N) is 3. The lowest BCUT2D eigenvalue weighted by molar-refractivity contribution is 0.0966. The number of para-hydroxylation sites is 1. The van der Waals surface area contributed by atoms with Crippen LogP contribution in [0.1, 0.15) is 15.4 Å². The number of carbonyl (C=O) groups excluding carboxylic acids is 2. The number of nitrogens with zero attached hydrogens (tertiary/aromatic N) is 1. The number of aromatic nitrogens is 1. The highest BCUT2D eigenvalue weighted by Gasteiger charge is 2.15. The Labute approximate surface area is 120 Å². The summed E-state index contributed by atoms with van der Waals surface area (Å²) in [6.07, 6.45) is 0. The third-order valence-electron chi connectivity index (χ3n) is 2.48. The van der Waals surface area contributed by atoms with Crippen molar-refractivity contribution < 1.29 is 9.59 Å². The summed E-state index contributed by atoms with van der Waals surface area (Å²) in [4.78, 5) is 28.0. The maximum Gasteiger partial charge on any atom is 0.325 e. The summed E-state index contributed by atoms with van der Waals surface area (Å²) in [5.74, 6) is -0.212. The Bertz CT molecular complexity index is 625. The molecule has 3 amide bonds. The number of thiazole rings is 1. The van der Waals surface area contributed by atoms with E-state index in [1.807, 2.05) is 18.2 Å². The highest BCUT2D eigenvalue weighted by Crippen LogP contribution is 2.22. The number of carbonyl (C=O) groups is 2. The third-order valence-corrected chi connectivity index (χ3v) is 3.55. The fraction of sp³-hybridized carbons (Fsp3) is 0.154. The molecule has 0 atom stereocenters. The minimum atomic E-state index is -0.395. The highest BCUT2D eigenvalue weighted by molar-refractivity contribution is 7.17. The first-order chi connectivity index (χ1) is 9.60. The Morgan fingerprint density at radius 2 is 1.85 bits per heavy atom. The van der Waals surface area contributed by atoms with Gasteiger partial charge in [-0.3, -0.25) is 10.1 Å². The van der Waals surface area contributed by atoms with Crippen LogP contribution in [-0.2, 0) is 0 Å². The van der Waals surface area contributed by atoms with Crippen molar-refractivity contribution in [2.45, 2.75) is 6.92 Å². The Morgan fingerprint density at radius 1 is 1.15 bits per heavy atom. The molecule has 1 heterocycles. The average Bonchev–Trinajstić information content (AvgIpc) is 2.79. The lowest BCUT2D eigenvalue weighted by Gasteiger charge is -2.04. The smallest absolute Gasteiger partial charge is 0.325 e. The summed E-state index contributed by atoms with van der Waals surface area (Å²) in [6, 6.07) is 8.68. The molecule has 3 N–H and O–H groups in total. The molecule has 0 aliphatic carbocycles. The van der Waals surface area contributed by atoms with Crippen LogP contribution < -0.4 is 16.0 Å². The van der Waals surface area contributed by atoms with E-state index in [2.05, 4.69) is 20.9 Å². The molecule has 104 valence electrons. The second kappa shape index (κ2) is 6.16. The molecule has 20 heavy (non-hydrogen) atoms. The maximum absolute atomic E-state index is 11.8. The summed E-state index contributed by atoms with van der Waals surface area (Å²) in [6.45, 7) is 1.72. The molecule has 0 fully saturated rings. The molecule has 1 aromatic carbocycles. The summed E-state index contributed by atoms with van der Waals surface area (Å²) in [5, 5.41) is 8.20. The van der Waals surface area contributed by atoms with Gasteiger partial charge in [-0.2, -0.15) is 0 Å². The number of hydrogen-bond acceptors (Lipinski definition) is 4. The molecule has 2 aromatic rings. The van der Waals surface area contributed by atoms with Crippen LogP contribution in [0.2, 0.25) is 0 Å². The van der Waals surface area contributed by atoms with Gasteiger partial charge in [0.1, 0.15) is 4.88 Å². The van der Waals surface area contributed by atoms with Crippen molar-refractivity contribution in [1.29, 1.82) is 0 Å². The molecule has 0 radical (unpaired) electrons. The predicted octanol–water partition coefficient (Wildman–Crippen LogP) is 2.46. The number of urea groups is 1. The van der Waals surface area contributed by atoms with E-state index in [9.17, 15) is 9.59 Å². The molecular formula is C13H14N4O2S. The molecular weight excluding hydrogens is 276 g/mol. The molecule has 0 spiro atoms.